The van der Waals surface area contributed by atoms with Gasteiger partial charge in [0.05, 0.1) is 18.2 Å². The maximum absolute atomic E-state index is 12.0. The van der Waals surface area contributed by atoms with Crippen LogP contribution in [0.4, 0.5) is 0 Å². The summed E-state index contributed by atoms with van der Waals surface area (Å²) in [6, 6.07) is 5.96. The van der Waals surface area contributed by atoms with E-state index in [-0.39, 0.29) is 18.4 Å². The molecular weight excluding hydrogens is 260 g/mol. The Morgan fingerprint density at radius 3 is 3.00 bits per heavy atom. The van der Waals surface area contributed by atoms with Crippen LogP contribution in [0, 0.1) is 6.92 Å². The first kappa shape index (κ1) is 13.8. The van der Waals surface area contributed by atoms with Crippen molar-refractivity contribution in [3.63, 3.8) is 0 Å². The van der Waals surface area contributed by atoms with E-state index in [0.717, 1.165) is 18.5 Å². The molecule has 1 N–H and O–H groups in total. The van der Waals surface area contributed by atoms with Gasteiger partial charge in [-0.15, -0.1) is 11.3 Å². The fourth-order valence-electron chi connectivity index (χ4n) is 1.97. The van der Waals surface area contributed by atoms with E-state index in [9.17, 15) is 4.79 Å². The highest BCUT2D eigenvalue weighted by molar-refractivity contribution is 7.10. The summed E-state index contributed by atoms with van der Waals surface area (Å²) < 4.78 is 5.06. The molecule has 0 aliphatic carbocycles. The number of thiophene rings is 1. The number of hydrogen-bond donors (Lipinski definition) is 1. The van der Waals surface area contributed by atoms with Crippen LogP contribution >= 0.6 is 11.3 Å². The molecule has 102 valence electrons. The van der Waals surface area contributed by atoms with E-state index < -0.39 is 0 Å². The van der Waals surface area contributed by atoms with Gasteiger partial charge >= 0.3 is 0 Å². The molecule has 0 radical (unpaired) electrons. The van der Waals surface area contributed by atoms with Crippen LogP contribution in [0.25, 0.3) is 0 Å². The van der Waals surface area contributed by atoms with Crippen LogP contribution in [0.5, 0.6) is 0 Å². The lowest BCUT2D eigenvalue weighted by atomic mass is 10.1. The minimum Gasteiger partial charge on any atom is -0.361 e. The molecule has 5 heteroatoms. The van der Waals surface area contributed by atoms with Gasteiger partial charge in [0.1, 0.15) is 5.76 Å². The van der Waals surface area contributed by atoms with Gasteiger partial charge in [0, 0.05) is 10.9 Å². The summed E-state index contributed by atoms with van der Waals surface area (Å²) in [6.45, 7) is 3.96. The van der Waals surface area contributed by atoms with Gasteiger partial charge in [0.25, 0.3) is 0 Å². The number of amides is 1. The molecule has 0 spiro atoms. The molecule has 2 heterocycles. The first-order valence-corrected chi connectivity index (χ1v) is 7.32. The lowest BCUT2D eigenvalue weighted by Crippen LogP contribution is -2.29. The maximum Gasteiger partial charge on any atom is 0.228 e. The monoisotopic (exact) mass is 278 g/mol. The SMILES string of the molecule is CCCC(NC(=O)Cc1cc(C)no1)c1cccs1. The van der Waals surface area contributed by atoms with Gasteiger partial charge in [-0.2, -0.15) is 0 Å². The Balaban J connectivity index is 1.95. The Morgan fingerprint density at radius 1 is 1.58 bits per heavy atom. The highest BCUT2D eigenvalue weighted by Crippen LogP contribution is 2.23. The van der Waals surface area contributed by atoms with Crippen molar-refractivity contribution in [1.82, 2.24) is 10.5 Å². The molecule has 1 unspecified atom stereocenters. The maximum atomic E-state index is 12.0. The van der Waals surface area contributed by atoms with Crippen LogP contribution in [0.2, 0.25) is 0 Å². The second-order valence-corrected chi connectivity index (χ2v) is 5.51. The average Bonchev–Trinajstić information content (AvgIpc) is 3.00. The highest BCUT2D eigenvalue weighted by Gasteiger charge is 2.16. The minimum atomic E-state index is -0.0250. The van der Waals surface area contributed by atoms with E-state index in [4.69, 9.17) is 4.52 Å². The number of carbonyl (C=O) groups is 1. The molecule has 1 amide bonds. The van der Waals surface area contributed by atoms with Crippen LogP contribution in [-0.2, 0) is 11.2 Å². The first-order chi connectivity index (χ1) is 9.19. The van der Waals surface area contributed by atoms with Crippen molar-refractivity contribution in [2.24, 2.45) is 0 Å². The lowest BCUT2D eigenvalue weighted by molar-refractivity contribution is -0.121. The van der Waals surface area contributed by atoms with E-state index in [0.29, 0.717) is 5.76 Å². The Labute approximate surface area is 116 Å². The predicted molar refractivity (Wildman–Crippen MR) is 75.1 cm³/mol. The highest BCUT2D eigenvalue weighted by atomic mass is 32.1. The molecule has 2 aromatic rings. The molecule has 19 heavy (non-hydrogen) atoms. The summed E-state index contributed by atoms with van der Waals surface area (Å²) in [6.07, 6.45) is 2.22. The van der Waals surface area contributed by atoms with Crippen LogP contribution in [-0.4, -0.2) is 11.1 Å². The van der Waals surface area contributed by atoms with Crippen molar-refractivity contribution in [2.45, 2.75) is 39.2 Å². The summed E-state index contributed by atoms with van der Waals surface area (Å²) >= 11 is 1.67. The van der Waals surface area contributed by atoms with Gasteiger partial charge in [-0.3, -0.25) is 4.79 Å². The molecule has 1 atom stereocenters. The predicted octanol–water partition coefficient (Wildman–Crippen LogP) is 3.24. The molecule has 4 nitrogen and oxygen atoms in total. The second-order valence-electron chi connectivity index (χ2n) is 4.54. The zero-order valence-corrected chi connectivity index (χ0v) is 12.0. The van der Waals surface area contributed by atoms with Gasteiger partial charge in [-0.25, -0.2) is 0 Å². The van der Waals surface area contributed by atoms with Crippen LogP contribution < -0.4 is 5.32 Å². The summed E-state index contributed by atoms with van der Waals surface area (Å²) in [5.74, 6) is 0.583. The van der Waals surface area contributed by atoms with Gasteiger partial charge in [-0.05, 0) is 24.8 Å². The number of hydrogen-bond acceptors (Lipinski definition) is 4. The van der Waals surface area contributed by atoms with E-state index in [1.54, 1.807) is 17.4 Å². The zero-order chi connectivity index (χ0) is 13.7. The molecule has 2 rings (SSSR count). The van der Waals surface area contributed by atoms with Crippen molar-refractivity contribution in [3.8, 4) is 0 Å². The number of carbonyl (C=O) groups excluding carboxylic acids is 1. The van der Waals surface area contributed by atoms with Crippen molar-refractivity contribution in [3.05, 3.63) is 39.9 Å². The van der Waals surface area contributed by atoms with E-state index in [1.807, 2.05) is 18.4 Å². The third kappa shape index (κ3) is 3.92. The van der Waals surface area contributed by atoms with Crippen LogP contribution in [0.1, 0.15) is 42.1 Å². The zero-order valence-electron chi connectivity index (χ0n) is 11.2. The topological polar surface area (TPSA) is 55.1 Å². The quantitative estimate of drug-likeness (QED) is 0.882. The fourth-order valence-corrected chi connectivity index (χ4v) is 2.78. The van der Waals surface area contributed by atoms with E-state index in [1.165, 1.54) is 4.88 Å². The first-order valence-electron chi connectivity index (χ1n) is 6.44. The Morgan fingerprint density at radius 2 is 2.42 bits per heavy atom. The van der Waals surface area contributed by atoms with Crippen molar-refractivity contribution >= 4 is 17.2 Å². The van der Waals surface area contributed by atoms with Gasteiger partial charge < -0.3 is 9.84 Å². The number of aromatic nitrogens is 1. The third-order valence-electron chi connectivity index (χ3n) is 2.81. The molecule has 0 saturated carbocycles. The van der Waals surface area contributed by atoms with Gasteiger partial charge in [0.2, 0.25) is 5.91 Å². The Kier molecular flexibility index (Phi) is 4.74. The van der Waals surface area contributed by atoms with Crippen molar-refractivity contribution in [1.29, 1.82) is 0 Å². The standard InChI is InChI=1S/C14H18N2O2S/c1-3-5-12(13-6-4-7-19-13)15-14(17)9-11-8-10(2)16-18-11/h4,6-8,12H,3,5,9H2,1-2H3,(H,15,17). The third-order valence-corrected chi connectivity index (χ3v) is 3.80. The smallest absolute Gasteiger partial charge is 0.228 e. The molecule has 2 aromatic heterocycles. The second kappa shape index (κ2) is 6.52. The van der Waals surface area contributed by atoms with Crippen molar-refractivity contribution < 1.29 is 9.32 Å². The van der Waals surface area contributed by atoms with Crippen molar-refractivity contribution in [2.75, 3.05) is 0 Å². The van der Waals surface area contributed by atoms with Crippen LogP contribution in [0.3, 0.4) is 0 Å². The number of rotatable bonds is 6. The summed E-state index contributed by atoms with van der Waals surface area (Å²) in [4.78, 5) is 13.2. The molecule has 0 fully saturated rings. The van der Waals surface area contributed by atoms with Crippen LogP contribution in [0.15, 0.2) is 28.1 Å². The lowest BCUT2D eigenvalue weighted by Gasteiger charge is -2.16. The normalized spacial score (nSPS) is 12.3. The van der Waals surface area contributed by atoms with Gasteiger partial charge in [0.15, 0.2) is 0 Å². The largest absolute Gasteiger partial charge is 0.361 e. The molecular formula is C14H18N2O2S. The molecule has 0 aliphatic heterocycles. The minimum absolute atomic E-state index is 0.0250. The molecule has 0 saturated heterocycles. The average molecular weight is 278 g/mol. The van der Waals surface area contributed by atoms with E-state index in [2.05, 4.69) is 23.5 Å². The number of nitrogens with one attached hydrogen (secondary N) is 1. The molecule has 0 aromatic carbocycles. The summed E-state index contributed by atoms with van der Waals surface area (Å²) in [5, 5.41) is 8.88. The number of nitrogens with zero attached hydrogens (tertiary/aromatic N) is 1. The summed E-state index contributed by atoms with van der Waals surface area (Å²) in [5.41, 5.74) is 0.797. The fraction of sp³-hybridized carbons (Fsp3) is 0.429. The Hall–Kier alpha value is -1.62. The Bertz CT molecular complexity index is 519. The summed E-state index contributed by atoms with van der Waals surface area (Å²) in [7, 11) is 0. The van der Waals surface area contributed by atoms with E-state index >= 15 is 0 Å². The van der Waals surface area contributed by atoms with Gasteiger partial charge in [-0.1, -0.05) is 24.6 Å². The molecule has 0 aliphatic rings. The number of aryl methyl sites for hydroxylation is 1. The molecule has 0 bridgehead atoms.